The predicted octanol–water partition coefficient (Wildman–Crippen LogP) is 4.04. The Morgan fingerprint density at radius 3 is 0.733 bits per heavy atom. The molecule has 2 heteroatoms. The summed E-state index contributed by atoms with van der Waals surface area (Å²) in [5.41, 5.74) is 4.59. The van der Waals surface area contributed by atoms with Crippen LogP contribution in [0.1, 0.15) is 0 Å². The van der Waals surface area contributed by atoms with Crippen molar-refractivity contribution in [2.75, 3.05) is 0 Å². The lowest BCUT2D eigenvalue weighted by atomic mass is 10.4. The summed E-state index contributed by atoms with van der Waals surface area (Å²) in [7, 11) is -5.00. The third-order valence-corrected chi connectivity index (χ3v) is 22.0. The molecule has 0 heterocycles. The van der Waals surface area contributed by atoms with Crippen LogP contribution in [0.2, 0.25) is 0 Å². The second kappa shape index (κ2) is 8.66. The summed E-state index contributed by atoms with van der Waals surface area (Å²) >= 11 is 0. The molecule has 4 aromatic carbocycles. The summed E-state index contributed by atoms with van der Waals surface area (Å²) in [5, 5.41) is 5.52. The van der Waals surface area contributed by atoms with Crippen molar-refractivity contribution in [3.63, 3.8) is 0 Å². The minimum Gasteiger partial charge on any atom is -0.106 e. The summed E-state index contributed by atoms with van der Waals surface area (Å²) < 4.78 is 0. The van der Waals surface area contributed by atoms with E-state index in [1.165, 1.54) is 20.7 Å². The second-order valence-corrected chi connectivity index (χ2v) is 18.6. The number of benzene rings is 4. The first-order valence-corrected chi connectivity index (χ1v) is 15.4. The van der Waals surface area contributed by atoms with Crippen LogP contribution < -0.4 is 20.7 Å². The van der Waals surface area contributed by atoms with Crippen LogP contribution >= 0.6 is 0 Å². The molecule has 0 aliphatic heterocycles. The Balaban J connectivity index is 2.20. The average molecular weight is 419 g/mol. The van der Waals surface area contributed by atoms with Crippen LogP contribution in [0, 0.1) is 0 Å². The minimum atomic E-state index is -2.50. The fourth-order valence-electron chi connectivity index (χ4n) is 4.84. The minimum absolute atomic E-state index is 1.38. The first kappa shape index (κ1) is 20.1. The van der Waals surface area contributed by atoms with Crippen molar-refractivity contribution in [2.24, 2.45) is 0 Å². The van der Waals surface area contributed by atoms with Crippen molar-refractivity contribution in [3.8, 4) is 0 Å². The van der Waals surface area contributed by atoms with Gasteiger partial charge in [-0.15, -0.1) is 13.2 Å². The normalized spacial score (nSPS) is 11.6. The summed E-state index contributed by atoms with van der Waals surface area (Å²) in [6.07, 6.45) is 0. The fourth-order valence-corrected chi connectivity index (χ4v) is 21.2. The van der Waals surface area contributed by atoms with E-state index in [0.717, 1.165) is 0 Å². The van der Waals surface area contributed by atoms with Crippen LogP contribution in [0.4, 0.5) is 0 Å². The van der Waals surface area contributed by atoms with Crippen molar-refractivity contribution >= 4 is 35.9 Å². The Morgan fingerprint density at radius 2 is 0.567 bits per heavy atom. The Morgan fingerprint density at radius 1 is 0.367 bits per heavy atom. The first-order chi connectivity index (χ1) is 14.8. The van der Waals surface area contributed by atoms with E-state index in [9.17, 15) is 0 Å². The molecule has 4 aromatic rings. The molecular formula is C28H26Si2. The average Bonchev–Trinajstić information content (AvgIpc) is 2.85. The van der Waals surface area contributed by atoms with Gasteiger partial charge in [0.1, 0.15) is 15.2 Å². The molecular weight excluding hydrogens is 392 g/mol. The highest BCUT2D eigenvalue weighted by Gasteiger charge is 2.56. The molecule has 0 unspecified atom stereocenters. The molecule has 0 aromatic heterocycles. The Bertz CT molecular complexity index is 932. The summed E-state index contributed by atoms with van der Waals surface area (Å²) in [6.45, 7) is 9.00. The molecule has 0 fully saturated rings. The zero-order valence-corrected chi connectivity index (χ0v) is 19.1. The quantitative estimate of drug-likeness (QED) is 0.397. The van der Waals surface area contributed by atoms with E-state index >= 15 is 0 Å². The fraction of sp³-hybridized carbons (Fsp3) is 0. The standard InChI is InChI=1S/C28H26Si2/c1-3-29(25-17-9-5-10-18-25,26-19-11-6-12-20-26)30(4-2,27-21-13-7-14-22-27)28-23-15-8-16-24-28/h3-24H,1-2H2. The maximum atomic E-state index is 4.50. The maximum Gasteiger partial charge on any atom is 0.146 e. The lowest BCUT2D eigenvalue weighted by Crippen LogP contribution is -2.84. The van der Waals surface area contributed by atoms with Gasteiger partial charge >= 0.3 is 0 Å². The van der Waals surface area contributed by atoms with Crippen LogP contribution in [0.25, 0.3) is 0 Å². The summed E-state index contributed by atoms with van der Waals surface area (Å²) in [6, 6.07) is 43.9. The van der Waals surface area contributed by atoms with Gasteiger partial charge in [-0.3, -0.25) is 0 Å². The van der Waals surface area contributed by atoms with Gasteiger partial charge in [0.2, 0.25) is 0 Å². The second-order valence-electron chi connectivity index (χ2n) is 7.49. The van der Waals surface area contributed by atoms with Crippen molar-refractivity contribution in [3.05, 3.63) is 146 Å². The van der Waals surface area contributed by atoms with Crippen molar-refractivity contribution in [1.82, 2.24) is 0 Å². The van der Waals surface area contributed by atoms with Gasteiger partial charge in [-0.25, -0.2) is 0 Å². The van der Waals surface area contributed by atoms with E-state index in [2.05, 4.69) is 146 Å². The van der Waals surface area contributed by atoms with Gasteiger partial charge < -0.3 is 0 Å². The van der Waals surface area contributed by atoms with E-state index < -0.39 is 15.2 Å². The van der Waals surface area contributed by atoms with Crippen LogP contribution in [-0.2, 0) is 0 Å². The lowest BCUT2D eigenvalue weighted by Gasteiger charge is -2.46. The maximum absolute atomic E-state index is 4.50. The largest absolute Gasteiger partial charge is 0.146 e. The molecule has 4 rings (SSSR count). The van der Waals surface area contributed by atoms with Gasteiger partial charge in [0, 0.05) is 0 Å². The molecule has 0 saturated carbocycles. The van der Waals surface area contributed by atoms with E-state index in [4.69, 9.17) is 0 Å². The van der Waals surface area contributed by atoms with Crippen LogP contribution in [0.3, 0.4) is 0 Å². The molecule has 0 spiro atoms. The Labute approximate surface area is 181 Å². The SMILES string of the molecule is C=C[Si](c1ccccc1)(c1ccccc1)[Si](C=C)(c1ccccc1)c1ccccc1. The molecule has 0 atom stereocenters. The van der Waals surface area contributed by atoms with Crippen molar-refractivity contribution < 1.29 is 0 Å². The van der Waals surface area contributed by atoms with Gasteiger partial charge in [0.05, 0.1) is 0 Å². The van der Waals surface area contributed by atoms with Crippen molar-refractivity contribution in [2.45, 2.75) is 0 Å². The van der Waals surface area contributed by atoms with Crippen LogP contribution in [-0.4, -0.2) is 15.2 Å². The van der Waals surface area contributed by atoms with E-state index in [1.54, 1.807) is 0 Å². The lowest BCUT2D eigenvalue weighted by molar-refractivity contribution is 1.69. The highest BCUT2D eigenvalue weighted by Crippen LogP contribution is 2.23. The first-order valence-electron chi connectivity index (χ1n) is 10.3. The molecule has 0 bridgehead atoms. The predicted molar refractivity (Wildman–Crippen MR) is 136 cm³/mol. The Hall–Kier alpha value is -3.21. The smallest absolute Gasteiger partial charge is 0.106 e. The molecule has 0 nitrogen and oxygen atoms in total. The number of hydrogen-bond donors (Lipinski definition) is 0. The van der Waals surface area contributed by atoms with Gasteiger partial charge in [0.25, 0.3) is 0 Å². The van der Waals surface area contributed by atoms with Gasteiger partial charge in [0.15, 0.2) is 0 Å². The third-order valence-electron chi connectivity index (χ3n) is 6.15. The zero-order chi connectivity index (χ0) is 20.9. The molecule has 0 aliphatic carbocycles. The summed E-state index contributed by atoms with van der Waals surface area (Å²) in [4.78, 5) is 0. The molecule has 0 N–H and O–H groups in total. The van der Waals surface area contributed by atoms with E-state index in [0.29, 0.717) is 0 Å². The zero-order valence-electron chi connectivity index (χ0n) is 17.1. The molecule has 0 aliphatic rings. The molecule has 0 radical (unpaired) electrons. The van der Waals surface area contributed by atoms with Crippen molar-refractivity contribution in [1.29, 1.82) is 0 Å². The number of hydrogen-bond acceptors (Lipinski definition) is 0. The molecule has 0 saturated heterocycles. The number of rotatable bonds is 7. The third kappa shape index (κ3) is 3.05. The van der Waals surface area contributed by atoms with E-state index in [1.807, 2.05) is 0 Å². The van der Waals surface area contributed by atoms with E-state index in [-0.39, 0.29) is 0 Å². The Kier molecular flexibility index (Phi) is 5.80. The summed E-state index contributed by atoms with van der Waals surface area (Å²) in [5.74, 6) is 0. The monoisotopic (exact) mass is 418 g/mol. The highest BCUT2D eigenvalue weighted by molar-refractivity contribution is 7.62. The van der Waals surface area contributed by atoms with Crippen LogP contribution in [0.15, 0.2) is 146 Å². The van der Waals surface area contributed by atoms with Gasteiger partial charge in [-0.2, -0.15) is 0 Å². The molecule has 146 valence electrons. The molecule has 30 heavy (non-hydrogen) atoms. The van der Waals surface area contributed by atoms with Gasteiger partial charge in [-0.05, 0) is 0 Å². The van der Waals surface area contributed by atoms with Crippen LogP contribution in [0.5, 0.6) is 0 Å². The molecule has 0 amide bonds. The topological polar surface area (TPSA) is 0 Å². The highest BCUT2D eigenvalue weighted by atomic mass is 29.3. The van der Waals surface area contributed by atoms with Gasteiger partial charge in [-0.1, -0.05) is 153 Å².